The number of thiophene rings is 1. The zero-order chi connectivity index (χ0) is 16.1. The SMILES string of the molecule is C[C@H](NC(=O)c1ccc(COc2ccccc2)o1)c1cccs1. The molecule has 0 saturated carbocycles. The van der Waals surface area contributed by atoms with Gasteiger partial charge in [0, 0.05) is 4.88 Å². The first kappa shape index (κ1) is 15.4. The van der Waals surface area contributed by atoms with Crippen molar-refractivity contribution in [3.8, 4) is 5.75 Å². The summed E-state index contributed by atoms with van der Waals surface area (Å²) in [6.45, 7) is 2.24. The molecule has 118 valence electrons. The van der Waals surface area contributed by atoms with E-state index in [9.17, 15) is 4.79 Å². The summed E-state index contributed by atoms with van der Waals surface area (Å²) in [7, 11) is 0. The third-order valence-corrected chi connectivity index (χ3v) is 4.38. The number of hydrogen-bond donors (Lipinski definition) is 1. The Balaban J connectivity index is 1.57. The first-order chi connectivity index (χ1) is 11.2. The van der Waals surface area contributed by atoms with Crippen molar-refractivity contribution in [3.05, 3.63) is 76.4 Å². The van der Waals surface area contributed by atoms with Gasteiger partial charge in [-0.3, -0.25) is 4.79 Å². The third kappa shape index (κ3) is 4.02. The number of rotatable bonds is 6. The number of carbonyl (C=O) groups excluding carboxylic acids is 1. The van der Waals surface area contributed by atoms with Crippen LogP contribution in [-0.4, -0.2) is 5.91 Å². The Morgan fingerprint density at radius 1 is 1.17 bits per heavy atom. The lowest BCUT2D eigenvalue weighted by Crippen LogP contribution is -2.25. The zero-order valence-corrected chi connectivity index (χ0v) is 13.5. The number of nitrogens with one attached hydrogen (secondary N) is 1. The Morgan fingerprint density at radius 2 is 2.00 bits per heavy atom. The molecule has 0 aliphatic carbocycles. The number of furan rings is 1. The molecule has 0 spiro atoms. The van der Waals surface area contributed by atoms with Gasteiger partial charge >= 0.3 is 0 Å². The lowest BCUT2D eigenvalue weighted by molar-refractivity contribution is 0.0908. The Labute approximate surface area is 138 Å². The van der Waals surface area contributed by atoms with Crippen LogP contribution in [0.4, 0.5) is 0 Å². The summed E-state index contributed by atoms with van der Waals surface area (Å²) in [6, 6.07) is 16.8. The molecule has 4 nitrogen and oxygen atoms in total. The zero-order valence-electron chi connectivity index (χ0n) is 12.7. The van der Waals surface area contributed by atoms with Crippen LogP contribution in [0, 0.1) is 0 Å². The van der Waals surface area contributed by atoms with Crippen molar-refractivity contribution in [1.29, 1.82) is 0 Å². The third-order valence-electron chi connectivity index (χ3n) is 3.33. The summed E-state index contributed by atoms with van der Waals surface area (Å²) >= 11 is 1.61. The van der Waals surface area contributed by atoms with Gasteiger partial charge in [0.25, 0.3) is 5.91 Å². The quantitative estimate of drug-likeness (QED) is 0.729. The van der Waals surface area contributed by atoms with E-state index in [-0.39, 0.29) is 18.6 Å². The second-order valence-electron chi connectivity index (χ2n) is 5.08. The van der Waals surface area contributed by atoms with E-state index in [0.717, 1.165) is 10.6 Å². The van der Waals surface area contributed by atoms with Crippen LogP contribution in [0.5, 0.6) is 5.75 Å². The van der Waals surface area contributed by atoms with Crippen LogP contribution < -0.4 is 10.1 Å². The van der Waals surface area contributed by atoms with E-state index in [1.165, 1.54) is 0 Å². The molecule has 1 amide bonds. The van der Waals surface area contributed by atoms with Gasteiger partial charge in [-0.25, -0.2) is 0 Å². The van der Waals surface area contributed by atoms with Crippen molar-refractivity contribution >= 4 is 17.2 Å². The van der Waals surface area contributed by atoms with E-state index in [1.807, 2.05) is 54.8 Å². The number of carbonyl (C=O) groups is 1. The molecule has 0 fully saturated rings. The molecule has 3 rings (SSSR count). The largest absolute Gasteiger partial charge is 0.486 e. The van der Waals surface area contributed by atoms with Gasteiger partial charge in [0.05, 0.1) is 6.04 Å². The number of para-hydroxylation sites is 1. The maximum Gasteiger partial charge on any atom is 0.287 e. The molecule has 0 saturated heterocycles. The molecule has 1 N–H and O–H groups in total. The van der Waals surface area contributed by atoms with E-state index in [0.29, 0.717) is 11.5 Å². The Kier molecular flexibility index (Phi) is 4.78. The van der Waals surface area contributed by atoms with E-state index in [1.54, 1.807) is 23.5 Å². The molecule has 23 heavy (non-hydrogen) atoms. The van der Waals surface area contributed by atoms with Gasteiger partial charge in [-0.1, -0.05) is 24.3 Å². The van der Waals surface area contributed by atoms with Crippen molar-refractivity contribution in [2.45, 2.75) is 19.6 Å². The summed E-state index contributed by atoms with van der Waals surface area (Å²) in [4.78, 5) is 13.3. The predicted molar refractivity (Wildman–Crippen MR) is 89.7 cm³/mol. The second-order valence-corrected chi connectivity index (χ2v) is 6.06. The normalized spacial score (nSPS) is 11.9. The maximum atomic E-state index is 12.2. The molecule has 1 atom stereocenters. The lowest BCUT2D eigenvalue weighted by atomic mass is 10.2. The fraction of sp³-hybridized carbons (Fsp3) is 0.167. The molecule has 0 radical (unpaired) electrons. The highest BCUT2D eigenvalue weighted by Gasteiger charge is 2.15. The van der Waals surface area contributed by atoms with Gasteiger partial charge < -0.3 is 14.5 Å². The number of benzene rings is 1. The van der Waals surface area contributed by atoms with E-state index < -0.39 is 0 Å². The highest BCUT2D eigenvalue weighted by Crippen LogP contribution is 2.19. The molecule has 3 aromatic rings. The minimum absolute atomic E-state index is 0.0448. The molecule has 2 heterocycles. The van der Waals surface area contributed by atoms with Crippen LogP contribution >= 0.6 is 11.3 Å². The molecular weight excluding hydrogens is 310 g/mol. The summed E-state index contributed by atoms with van der Waals surface area (Å²) in [5.41, 5.74) is 0. The van der Waals surface area contributed by atoms with Gasteiger partial charge in [-0.15, -0.1) is 11.3 Å². The fourth-order valence-electron chi connectivity index (χ4n) is 2.13. The number of hydrogen-bond acceptors (Lipinski definition) is 4. The summed E-state index contributed by atoms with van der Waals surface area (Å²) in [6.07, 6.45) is 0. The van der Waals surface area contributed by atoms with Crippen molar-refractivity contribution in [2.24, 2.45) is 0 Å². The van der Waals surface area contributed by atoms with Crippen molar-refractivity contribution in [1.82, 2.24) is 5.32 Å². The van der Waals surface area contributed by atoms with Crippen LogP contribution in [0.15, 0.2) is 64.4 Å². The van der Waals surface area contributed by atoms with Gasteiger partial charge in [0.2, 0.25) is 0 Å². The Bertz CT molecular complexity index is 750. The van der Waals surface area contributed by atoms with Gasteiger partial charge in [0.15, 0.2) is 5.76 Å². The molecule has 1 aromatic carbocycles. The first-order valence-corrected chi connectivity index (χ1v) is 8.21. The molecule has 0 unspecified atom stereocenters. The minimum Gasteiger partial charge on any atom is -0.486 e. The van der Waals surface area contributed by atoms with Crippen LogP contribution in [-0.2, 0) is 6.61 Å². The first-order valence-electron chi connectivity index (χ1n) is 7.33. The van der Waals surface area contributed by atoms with Crippen LogP contribution in [0.25, 0.3) is 0 Å². The molecule has 0 aliphatic heterocycles. The maximum absolute atomic E-state index is 12.2. The van der Waals surface area contributed by atoms with Gasteiger partial charge in [0.1, 0.15) is 18.1 Å². The monoisotopic (exact) mass is 327 g/mol. The van der Waals surface area contributed by atoms with Crippen molar-refractivity contribution in [3.63, 3.8) is 0 Å². The van der Waals surface area contributed by atoms with Gasteiger partial charge in [-0.05, 0) is 42.6 Å². The molecule has 0 bridgehead atoms. The standard InChI is InChI=1S/C18H17NO3S/c1-13(17-8-5-11-23-17)19-18(20)16-10-9-15(22-16)12-21-14-6-3-2-4-7-14/h2-11,13H,12H2,1H3,(H,19,20)/t13-/m0/s1. The number of amides is 1. The molecule has 2 aromatic heterocycles. The molecule has 5 heteroatoms. The number of ether oxygens (including phenoxy) is 1. The van der Waals surface area contributed by atoms with E-state index in [2.05, 4.69) is 5.32 Å². The summed E-state index contributed by atoms with van der Waals surface area (Å²) < 4.78 is 11.2. The lowest BCUT2D eigenvalue weighted by Gasteiger charge is -2.10. The highest BCUT2D eigenvalue weighted by atomic mass is 32.1. The van der Waals surface area contributed by atoms with Crippen LogP contribution in [0.3, 0.4) is 0 Å². The Hall–Kier alpha value is -2.53. The van der Waals surface area contributed by atoms with Crippen LogP contribution in [0.1, 0.15) is 34.2 Å². The fourth-order valence-corrected chi connectivity index (χ4v) is 2.86. The van der Waals surface area contributed by atoms with Gasteiger partial charge in [-0.2, -0.15) is 0 Å². The van der Waals surface area contributed by atoms with Crippen LogP contribution in [0.2, 0.25) is 0 Å². The Morgan fingerprint density at radius 3 is 2.74 bits per heavy atom. The van der Waals surface area contributed by atoms with E-state index >= 15 is 0 Å². The van der Waals surface area contributed by atoms with Crippen molar-refractivity contribution < 1.29 is 13.9 Å². The van der Waals surface area contributed by atoms with Crippen molar-refractivity contribution in [2.75, 3.05) is 0 Å². The highest BCUT2D eigenvalue weighted by molar-refractivity contribution is 7.10. The summed E-state index contributed by atoms with van der Waals surface area (Å²) in [5, 5.41) is 4.91. The molecular formula is C18H17NO3S. The van der Waals surface area contributed by atoms with E-state index in [4.69, 9.17) is 9.15 Å². The average Bonchev–Trinajstić information content (AvgIpc) is 3.25. The predicted octanol–water partition coefficient (Wildman–Crippen LogP) is 4.41. The average molecular weight is 327 g/mol. The smallest absolute Gasteiger partial charge is 0.287 e. The second kappa shape index (κ2) is 7.15. The minimum atomic E-state index is -0.225. The molecule has 0 aliphatic rings. The summed E-state index contributed by atoms with van der Waals surface area (Å²) in [5.74, 6) is 1.45. The topological polar surface area (TPSA) is 51.5 Å².